The first-order chi connectivity index (χ1) is 16.1. The van der Waals surface area contributed by atoms with Crippen molar-refractivity contribution in [1.29, 1.82) is 0 Å². The van der Waals surface area contributed by atoms with Gasteiger partial charge in [0.05, 0.1) is 17.5 Å². The van der Waals surface area contributed by atoms with Crippen LogP contribution in [0.3, 0.4) is 0 Å². The van der Waals surface area contributed by atoms with Crippen molar-refractivity contribution in [3.8, 4) is 10.6 Å². The van der Waals surface area contributed by atoms with Crippen LogP contribution in [0, 0.1) is 0 Å². The average molecular weight is 458 g/mol. The summed E-state index contributed by atoms with van der Waals surface area (Å²) in [6.07, 6.45) is 6.34. The maximum atomic E-state index is 12.6. The Morgan fingerprint density at radius 1 is 1.03 bits per heavy atom. The highest BCUT2D eigenvalue weighted by atomic mass is 32.1. The molecule has 1 amide bonds. The molecule has 4 aromatic rings. The minimum Gasteiger partial charge on any atom is -0.385 e. The number of nitrogens with zero attached hydrogens (tertiary/aromatic N) is 4. The Labute approximate surface area is 195 Å². The number of carbonyl (C=O) groups is 1. The molecule has 0 bridgehead atoms. The van der Waals surface area contributed by atoms with Gasteiger partial charge in [0, 0.05) is 36.4 Å². The molecule has 2 N–H and O–H groups in total. The van der Waals surface area contributed by atoms with Crippen LogP contribution in [0.15, 0.2) is 78.6 Å². The fourth-order valence-electron chi connectivity index (χ4n) is 3.99. The molecule has 8 heteroatoms. The molecule has 4 heterocycles. The second-order valence-electron chi connectivity index (χ2n) is 8.02. The number of anilines is 2. The molecule has 1 saturated heterocycles. The number of piperidine rings is 1. The molecular weight excluding hydrogens is 434 g/mol. The highest BCUT2D eigenvalue weighted by Gasteiger charge is 2.34. The molecule has 1 aliphatic heterocycles. The lowest BCUT2D eigenvalue weighted by molar-refractivity contribution is 0.0116. The molecule has 7 nitrogen and oxygen atoms in total. The number of rotatable bonds is 5. The molecular formula is C25H23N5O2S. The van der Waals surface area contributed by atoms with Crippen LogP contribution in [0.5, 0.6) is 0 Å². The normalized spacial score (nSPS) is 15.2. The topological polar surface area (TPSA) is 91.2 Å². The summed E-state index contributed by atoms with van der Waals surface area (Å²) in [4.78, 5) is 27.7. The number of amides is 1. The lowest BCUT2D eigenvalue weighted by Gasteiger charge is -2.39. The summed E-state index contributed by atoms with van der Waals surface area (Å²) in [6.45, 7) is 1.42. The number of aliphatic hydroxyl groups is 1. The smallest absolute Gasteiger partial charge is 0.275 e. The van der Waals surface area contributed by atoms with Gasteiger partial charge in [-0.25, -0.2) is 9.97 Å². The zero-order valence-corrected chi connectivity index (χ0v) is 18.7. The van der Waals surface area contributed by atoms with Crippen molar-refractivity contribution < 1.29 is 9.90 Å². The van der Waals surface area contributed by atoms with Crippen LogP contribution in [0.25, 0.3) is 10.6 Å². The number of pyridine rings is 2. The van der Waals surface area contributed by atoms with E-state index < -0.39 is 5.60 Å². The minimum absolute atomic E-state index is 0.271. The third-order valence-corrected chi connectivity index (χ3v) is 6.79. The van der Waals surface area contributed by atoms with Gasteiger partial charge < -0.3 is 15.3 Å². The molecule has 0 spiro atoms. The van der Waals surface area contributed by atoms with Crippen molar-refractivity contribution in [1.82, 2.24) is 15.0 Å². The summed E-state index contributed by atoms with van der Waals surface area (Å²) in [6, 6.07) is 17.3. The predicted octanol–water partition coefficient (Wildman–Crippen LogP) is 4.34. The van der Waals surface area contributed by atoms with E-state index in [0.717, 1.165) is 22.0 Å². The zero-order valence-electron chi connectivity index (χ0n) is 17.9. The Bertz CT molecular complexity index is 1220. The van der Waals surface area contributed by atoms with Crippen LogP contribution in [-0.2, 0) is 5.60 Å². The summed E-state index contributed by atoms with van der Waals surface area (Å²) in [7, 11) is 0. The highest BCUT2D eigenvalue weighted by Crippen LogP contribution is 2.34. The Morgan fingerprint density at radius 3 is 2.48 bits per heavy atom. The van der Waals surface area contributed by atoms with Crippen molar-refractivity contribution in [2.75, 3.05) is 23.3 Å². The van der Waals surface area contributed by atoms with Gasteiger partial charge in [-0.1, -0.05) is 30.3 Å². The Balaban J connectivity index is 1.20. The van der Waals surface area contributed by atoms with E-state index in [1.807, 2.05) is 54.6 Å². The van der Waals surface area contributed by atoms with Crippen LogP contribution in [0.4, 0.5) is 11.5 Å². The van der Waals surface area contributed by atoms with Gasteiger partial charge >= 0.3 is 0 Å². The number of benzene rings is 1. The van der Waals surface area contributed by atoms with E-state index in [9.17, 15) is 9.90 Å². The standard InChI is InChI=1S/C25H23N5O2S/c31-23(21-17-33-24(29-21)18-8-12-26-13-9-18)28-20-6-7-22(27-16-20)30-14-10-25(32,11-15-30)19-4-2-1-3-5-19/h1-9,12-13,16-17,32H,10-11,14-15H2,(H,28,31). The molecule has 0 atom stereocenters. The van der Waals surface area contributed by atoms with E-state index in [1.165, 1.54) is 11.3 Å². The van der Waals surface area contributed by atoms with Gasteiger partial charge in [-0.2, -0.15) is 0 Å². The maximum absolute atomic E-state index is 12.6. The second-order valence-corrected chi connectivity index (χ2v) is 8.88. The Hall–Kier alpha value is -3.62. The quantitative estimate of drug-likeness (QED) is 0.463. The molecule has 0 radical (unpaired) electrons. The molecule has 0 unspecified atom stereocenters. The van der Waals surface area contributed by atoms with Crippen LogP contribution in [0.2, 0.25) is 0 Å². The van der Waals surface area contributed by atoms with E-state index in [0.29, 0.717) is 37.3 Å². The van der Waals surface area contributed by atoms with Gasteiger partial charge in [-0.3, -0.25) is 9.78 Å². The summed E-state index contributed by atoms with van der Waals surface area (Å²) < 4.78 is 0. The number of hydrogen-bond acceptors (Lipinski definition) is 7. The first kappa shape index (κ1) is 21.2. The minimum atomic E-state index is -0.797. The second kappa shape index (κ2) is 9.09. The number of carbonyl (C=O) groups excluding carboxylic acids is 1. The van der Waals surface area contributed by atoms with Crippen LogP contribution in [0.1, 0.15) is 28.9 Å². The number of nitrogens with one attached hydrogen (secondary N) is 1. The Kier molecular flexibility index (Phi) is 5.85. The number of thiazole rings is 1. The van der Waals surface area contributed by atoms with Crippen molar-refractivity contribution in [3.05, 3.63) is 89.8 Å². The van der Waals surface area contributed by atoms with E-state index in [2.05, 4.69) is 25.2 Å². The summed E-state index contributed by atoms with van der Waals surface area (Å²) in [5, 5.41) is 16.4. The molecule has 1 aromatic carbocycles. The van der Waals surface area contributed by atoms with Crippen molar-refractivity contribution in [3.63, 3.8) is 0 Å². The third-order valence-electron chi connectivity index (χ3n) is 5.90. The Morgan fingerprint density at radius 2 is 1.79 bits per heavy atom. The fourth-order valence-corrected chi connectivity index (χ4v) is 4.80. The van der Waals surface area contributed by atoms with Crippen LogP contribution >= 0.6 is 11.3 Å². The van der Waals surface area contributed by atoms with Gasteiger partial charge in [-0.05, 0) is 42.7 Å². The van der Waals surface area contributed by atoms with Crippen LogP contribution in [-0.4, -0.2) is 39.1 Å². The molecule has 0 aliphatic carbocycles. The van der Waals surface area contributed by atoms with Crippen LogP contribution < -0.4 is 10.2 Å². The van der Waals surface area contributed by atoms with Crippen molar-refractivity contribution >= 4 is 28.7 Å². The molecule has 5 rings (SSSR count). The fraction of sp³-hybridized carbons (Fsp3) is 0.200. The molecule has 0 saturated carbocycles. The average Bonchev–Trinajstić information content (AvgIpc) is 3.37. The third kappa shape index (κ3) is 4.62. The SMILES string of the molecule is O=C(Nc1ccc(N2CCC(O)(c3ccccc3)CC2)nc1)c1csc(-c2ccncc2)n1. The highest BCUT2D eigenvalue weighted by molar-refractivity contribution is 7.13. The van der Waals surface area contributed by atoms with Crippen molar-refractivity contribution in [2.45, 2.75) is 18.4 Å². The predicted molar refractivity (Wildman–Crippen MR) is 129 cm³/mol. The summed E-state index contributed by atoms with van der Waals surface area (Å²) in [5.41, 5.74) is 2.08. The van der Waals surface area contributed by atoms with E-state index in [-0.39, 0.29) is 5.91 Å². The molecule has 33 heavy (non-hydrogen) atoms. The lowest BCUT2D eigenvalue weighted by Crippen LogP contribution is -2.42. The van der Waals surface area contributed by atoms with E-state index >= 15 is 0 Å². The van der Waals surface area contributed by atoms with E-state index in [1.54, 1.807) is 24.0 Å². The van der Waals surface area contributed by atoms with E-state index in [4.69, 9.17) is 0 Å². The maximum Gasteiger partial charge on any atom is 0.275 e. The van der Waals surface area contributed by atoms with Gasteiger partial charge in [0.2, 0.25) is 0 Å². The number of aromatic nitrogens is 3. The molecule has 3 aromatic heterocycles. The monoisotopic (exact) mass is 457 g/mol. The first-order valence-electron chi connectivity index (χ1n) is 10.8. The number of hydrogen-bond donors (Lipinski definition) is 2. The summed E-state index contributed by atoms with van der Waals surface area (Å²) in [5.74, 6) is 0.559. The zero-order chi connectivity index (χ0) is 22.7. The molecule has 166 valence electrons. The largest absolute Gasteiger partial charge is 0.385 e. The van der Waals surface area contributed by atoms with Gasteiger partial charge in [0.1, 0.15) is 16.5 Å². The van der Waals surface area contributed by atoms with Gasteiger partial charge in [0.25, 0.3) is 5.91 Å². The van der Waals surface area contributed by atoms with Crippen molar-refractivity contribution in [2.24, 2.45) is 0 Å². The lowest BCUT2D eigenvalue weighted by atomic mass is 9.84. The first-order valence-corrected chi connectivity index (χ1v) is 11.6. The summed E-state index contributed by atoms with van der Waals surface area (Å²) >= 11 is 1.42. The molecule has 1 aliphatic rings. The molecule has 1 fully saturated rings. The van der Waals surface area contributed by atoms with Gasteiger partial charge in [-0.15, -0.1) is 11.3 Å². The van der Waals surface area contributed by atoms with Gasteiger partial charge in [0.15, 0.2) is 0 Å².